The Morgan fingerprint density at radius 2 is 2.04 bits per heavy atom. The lowest BCUT2D eigenvalue weighted by Crippen LogP contribution is -2.44. The zero-order chi connectivity index (χ0) is 17.1. The van der Waals surface area contributed by atoms with Gasteiger partial charge in [0, 0.05) is 36.5 Å². The third kappa shape index (κ3) is 3.40. The molecule has 0 bridgehead atoms. The van der Waals surface area contributed by atoms with Crippen LogP contribution in [0.25, 0.3) is 0 Å². The van der Waals surface area contributed by atoms with Gasteiger partial charge < -0.3 is 15.1 Å². The molecule has 3 amide bonds. The number of benzene rings is 1. The maximum absolute atomic E-state index is 12.5. The van der Waals surface area contributed by atoms with Crippen LogP contribution in [0.2, 0.25) is 0 Å². The molecule has 1 unspecified atom stereocenters. The molecule has 0 spiro atoms. The topological polar surface area (TPSA) is 69.7 Å². The van der Waals surface area contributed by atoms with Gasteiger partial charge in [-0.2, -0.15) is 0 Å². The van der Waals surface area contributed by atoms with E-state index in [4.69, 9.17) is 0 Å². The Morgan fingerprint density at radius 3 is 2.67 bits per heavy atom. The molecule has 2 aliphatic rings. The normalized spacial score (nSPS) is 20.5. The van der Waals surface area contributed by atoms with E-state index in [1.165, 1.54) is 0 Å². The van der Waals surface area contributed by atoms with Gasteiger partial charge in [-0.05, 0) is 30.7 Å². The second-order valence-corrected chi connectivity index (χ2v) is 6.92. The molecule has 6 nitrogen and oxygen atoms in total. The highest BCUT2D eigenvalue weighted by molar-refractivity contribution is 7.99. The Morgan fingerprint density at radius 1 is 1.29 bits per heavy atom. The monoisotopic (exact) mass is 347 g/mol. The fourth-order valence-corrected chi connectivity index (χ4v) is 4.16. The Balaban J connectivity index is 1.64. The molecule has 2 heterocycles. The maximum Gasteiger partial charge on any atom is 0.248 e. The van der Waals surface area contributed by atoms with Crippen LogP contribution in [0.5, 0.6) is 0 Å². The number of hydrogen-bond donors (Lipinski definition) is 1. The maximum atomic E-state index is 12.5. The van der Waals surface area contributed by atoms with E-state index in [9.17, 15) is 14.4 Å². The van der Waals surface area contributed by atoms with Gasteiger partial charge in [0.1, 0.15) is 6.04 Å². The first-order valence-corrected chi connectivity index (χ1v) is 9.34. The summed E-state index contributed by atoms with van der Waals surface area (Å²) in [5.41, 5.74) is 1.53. The number of rotatable bonds is 4. The molecule has 2 aliphatic heterocycles. The van der Waals surface area contributed by atoms with Crippen molar-refractivity contribution in [3.63, 3.8) is 0 Å². The number of nitrogens with zero attached hydrogens (tertiary/aromatic N) is 2. The first-order chi connectivity index (χ1) is 11.6. The van der Waals surface area contributed by atoms with Crippen LogP contribution in [0.15, 0.2) is 24.3 Å². The molecule has 1 aromatic rings. The molecule has 1 aromatic carbocycles. The zero-order valence-electron chi connectivity index (χ0n) is 13.7. The van der Waals surface area contributed by atoms with Gasteiger partial charge in [0.25, 0.3) is 0 Å². The Hall–Kier alpha value is -2.02. The zero-order valence-corrected chi connectivity index (χ0v) is 14.5. The standard InChI is InChI=1S/C17H21N3O3S/c1-2-15(21)20-11-24-10-14(20)17(23)18-12-5-7-13(8-6-12)19-9-3-4-16(19)22/h5-8,14H,2-4,9-11H2,1H3,(H,18,23). The van der Waals surface area contributed by atoms with Gasteiger partial charge in [0.15, 0.2) is 0 Å². The van der Waals surface area contributed by atoms with E-state index >= 15 is 0 Å². The Bertz CT molecular complexity index is 647. The summed E-state index contributed by atoms with van der Waals surface area (Å²) in [6, 6.07) is 6.87. The SMILES string of the molecule is CCC(=O)N1CSCC1C(=O)Nc1ccc(N2CCCC2=O)cc1. The first kappa shape index (κ1) is 16.8. The molecule has 2 saturated heterocycles. The van der Waals surface area contributed by atoms with Gasteiger partial charge in [0.05, 0.1) is 5.88 Å². The molecular weight excluding hydrogens is 326 g/mol. The van der Waals surface area contributed by atoms with Crippen LogP contribution in [-0.2, 0) is 14.4 Å². The number of carbonyl (C=O) groups excluding carboxylic acids is 3. The number of nitrogens with one attached hydrogen (secondary N) is 1. The summed E-state index contributed by atoms with van der Waals surface area (Å²) in [6.07, 6.45) is 1.89. The van der Waals surface area contributed by atoms with Crippen molar-refractivity contribution in [2.45, 2.75) is 32.2 Å². The summed E-state index contributed by atoms with van der Waals surface area (Å²) in [5, 5.41) is 2.87. The van der Waals surface area contributed by atoms with Crippen molar-refractivity contribution in [1.82, 2.24) is 4.90 Å². The molecule has 0 radical (unpaired) electrons. The fraction of sp³-hybridized carbons (Fsp3) is 0.471. The van der Waals surface area contributed by atoms with Crippen LogP contribution in [0, 0.1) is 0 Å². The van der Waals surface area contributed by atoms with Gasteiger partial charge in [-0.15, -0.1) is 11.8 Å². The second kappa shape index (κ2) is 7.25. The molecule has 0 aromatic heterocycles. The van der Waals surface area contributed by atoms with Gasteiger partial charge in [0.2, 0.25) is 17.7 Å². The minimum absolute atomic E-state index is 0.00282. The van der Waals surface area contributed by atoms with Gasteiger partial charge >= 0.3 is 0 Å². The van der Waals surface area contributed by atoms with E-state index in [0.717, 1.165) is 18.7 Å². The number of hydrogen-bond acceptors (Lipinski definition) is 4. The van der Waals surface area contributed by atoms with Crippen molar-refractivity contribution < 1.29 is 14.4 Å². The van der Waals surface area contributed by atoms with Crippen molar-refractivity contribution in [3.8, 4) is 0 Å². The number of amides is 3. The Kier molecular flexibility index (Phi) is 5.08. The molecule has 1 N–H and O–H groups in total. The van der Waals surface area contributed by atoms with Crippen molar-refractivity contribution in [2.24, 2.45) is 0 Å². The lowest BCUT2D eigenvalue weighted by Gasteiger charge is -2.22. The van der Waals surface area contributed by atoms with Crippen LogP contribution in [0.1, 0.15) is 26.2 Å². The van der Waals surface area contributed by atoms with E-state index in [1.54, 1.807) is 40.6 Å². The number of carbonyl (C=O) groups is 3. The molecule has 1 atom stereocenters. The lowest BCUT2D eigenvalue weighted by molar-refractivity contribution is -0.135. The summed E-state index contributed by atoms with van der Waals surface area (Å²) in [7, 11) is 0. The van der Waals surface area contributed by atoms with Crippen molar-refractivity contribution in [1.29, 1.82) is 0 Å². The fourth-order valence-electron chi connectivity index (χ4n) is 2.98. The highest BCUT2D eigenvalue weighted by atomic mass is 32.2. The predicted molar refractivity (Wildman–Crippen MR) is 94.9 cm³/mol. The summed E-state index contributed by atoms with van der Waals surface area (Å²) in [4.78, 5) is 39.5. The van der Waals surface area contributed by atoms with E-state index in [2.05, 4.69) is 5.32 Å². The molecule has 0 aliphatic carbocycles. The number of thioether (sulfide) groups is 1. The molecule has 24 heavy (non-hydrogen) atoms. The van der Waals surface area contributed by atoms with Crippen LogP contribution in [0.3, 0.4) is 0 Å². The molecule has 7 heteroatoms. The van der Waals surface area contributed by atoms with Crippen LogP contribution >= 0.6 is 11.8 Å². The van der Waals surface area contributed by atoms with Gasteiger partial charge in [-0.3, -0.25) is 14.4 Å². The van der Waals surface area contributed by atoms with Gasteiger partial charge in [-0.25, -0.2) is 0 Å². The van der Waals surface area contributed by atoms with Crippen molar-refractivity contribution in [3.05, 3.63) is 24.3 Å². The van der Waals surface area contributed by atoms with Gasteiger partial charge in [-0.1, -0.05) is 6.92 Å². The first-order valence-electron chi connectivity index (χ1n) is 8.18. The molecule has 0 saturated carbocycles. The van der Waals surface area contributed by atoms with E-state index in [-0.39, 0.29) is 17.7 Å². The van der Waals surface area contributed by atoms with E-state index < -0.39 is 6.04 Å². The van der Waals surface area contributed by atoms with Crippen molar-refractivity contribution in [2.75, 3.05) is 28.4 Å². The van der Waals surface area contributed by atoms with Crippen LogP contribution in [0.4, 0.5) is 11.4 Å². The molecule has 128 valence electrons. The predicted octanol–water partition coefficient (Wildman–Crippen LogP) is 2.06. The quantitative estimate of drug-likeness (QED) is 0.905. The van der Waals surface area contributed by atoms with Crippen LogP contribution < -0.4 is 10.2 Å². The minimum Gasteiger partial charge on any atom is -0.324 e. The average molecular weight is 347 g/mol. The number of anilines is 2. The largest absolute Gasteiger partial charge is 0.324 e. The third-order valence-corrected chi connectivity index (χ3v) is 5.34. The molecule has 3 rings (SSSR count). The van der Waals surface area contributed by atoms with E-state index in [1.807, 2.05) is 12.1 Å². The summed E-state index contributed by atoms with van der Waals surface area (Å²) in [6.45, 7) is 2.55. The summed E-state index contributed by atoms with van der Waals surface area (Å²) in [5.74, 6) is 1.18. The van der Waals surface area contributed by atoms with Crippen LogP contribution in [-0.4, -0.2) is 46.8 Å². The lowest BCUT2D eigenvalue weighted by atomic mass is 10.2. The second-order valence-electron chi connectivity index (χ2n) is 5.92. The smallest absolute Gasteiger partial charge is 0.248 e. The molecular formula is C17H21N3O3S. The minimum atomic E-state index is -0.415. The third-order valence-electron chi connectivity index (χ3n) is 4.33. The Labute approximate surface area is 145 Å². The van der Waals surface area contributed by atoms with E-state index in [0.29, 0.717) is 30.2 Å². The highest BCUT2D eigenvalue weighted by Crippen LogP contribution is 2.25. The highest BCUT2D eigenvalue weighted by Gasteiger charge is 2.33. The molecule has 2 fully saturated rings. The van der Waals surface area contributed by atoms with Crippen molar-refractivity contribution >= 4 is 40.9 Å². The summed E-state index contributed by atoms with van der Waals surface area (Å²) >= 11 is 1.59. The average Bonchev–Trinajstić information content (AvgIpc) is 3.24. The summed E-state index contributed by atoms with van der Waals surface area (Å²) < 4.78 is 0.